The summed E-state index contributed by atoms with van der Waals surface area (Å²) in [7, 11) is 0. The quantitative estimate of drug-likeness (QED) is 0.752. The molecule has 1 heterocycles. The Morgan fingerprint density at radius 3 is 2.19 bits per heavy atom. The van der Waals surface area contributed by atoms with Crippen LogP contribution in [0.4, 0.5) is 0 Å². The molecule has 0 bridgehead atoms. The van der Waals surface area contributed by atoms with Crippen LogP contribution in [-0.2, 0) is 11.3 Å². The lowest BCUT2D eigenvalue weighted by atomic mass is 9.79. The number of rotatable bonds is 5. The molecule has 0 spiro atoms. The average molecular weight is 279 g/mol. The highest BCUT2D eigenvalue weighted by Gasteiger charge is 2.46. The molecule has 1 fully saturated rings. The van der Waals surface area contributed by atoms with Crippen LogP contribution in [0.3, 0.4) is 0 Å². The molecule has 1 aliphatic heterocycles. The van der Waals surface area contributed by atoms with Gasteiger partial charge in [-0.25, -0.2) is 0 Å². The Kier molecular flexibility index (Phi) is 4.05. The van der Waals surface area contributed by atoms with Gasteiger partial charge >= 0.3 is 0 Å². The van der Waals surface area contributed by atoms with Gasteiger partial charge in [0.15, 0.2) is 0 Å². The summed E-state index contributed by atoms with van der Waals surface area (Å²) < 4.78 is 0. The molecule has 0 unspecified atom stereocenters. The summed E-state index contributed by atoms with van der Waals surface area (Å²) in [4.78, 5) is 14.5. The van der Waals surface area contributed by atoms with Crippen LogP contribution in [0.1, 0.15) is 36.9 Å². The lowest BCUT2D eigenvalue weighted by Crippen LogP contribution is -2.54. The first kappa shape index (κ1) is 13.9. The van der Waals surface area contributed by atoms with Gasteiger partial charge in [0.25, 0.3) is 0 Å². The second-order valence-corrected chi connectivity index (χ2v) is 5.70. The fourth-order valence-electron chi connectivity index (χ4n) is 3.23. The van der Waals surface area contributed by atoms with Crippen molar-refractivity contribution in [3.05, 3.63) is 71.8 Å². The number of likely N-dealkylation sites (tertiary alicyclic amines) is 1. The highest BCUT2D eigenvalue weighted by molar-refractivity contribution is 5.86. The fraction of sp³-hybridized carbons (Fsp3) is 0.316. The van der Waals surface area contributed by atoms with Crippen LogP contribution in [0.5, 0.6) is 0 Å². The third-order valence-electron chi connectivity index (χ3n) is 4.25. The Morgan fingerprint density at radius 1 is 0.952 bits per heavy atom. The van der Waals surface area contributed by atoms with Crippen LogP contribution in [-0.4, -0.2) is 10.8 Å². The van der Waals surface area contributed by atoms with E-state index in [4.69, 9.17) is 0 Å². The normalized spacial score (nSPS) is 21.2. The van der Waals surface area contributed by atoms with Gasteiger partial charge in [0, 0.05) is 6.54 Å². The van der Waals surface area contributed by atoms with E-state index in [1.54, 1.807) is 0 Å². The van der Waals surface area contributed by atoms with Crippen molar-refractivity contribution in [2.75, 3.05) is 0 Å². The standard InChI is InChI=1S/C19H21NO/c1-2-9-17-18(16-12-7-4-8-13-16)20(19(17)21)14-15-10-5-3-6-11-15/h3-8,10-13,17-18H,2,9,14H2,1H3/t17-,18-/m1/s1. The van der Waals surface area contributed by atoms with Crippen molar-refractivity contribution in [2.24, 2.45) is 5.92 Å². The summed E-state index contributed by atoms with van der Waals surface area (Å²) in [6, 6.07) is 20.9. The van der Waals surface area contributed by atoms with Gasteiger partial charge in [-0.15, -0.1) is 0 Å². The van der Waals surface area contributed by atoms with Crippen LogP contribution >= 0.6 is 0 Å². The number of carbonyl (C=O) groups excluding carboxylic acids is 1. The second-order valence-electron chi connectivity index (χ2n) is 5.70. The van der Waals surface area contributed by atoms with Crippen LogP contribution in [0.15, 0.2) is 60.7 Å². The van der Waals surface area contributed by atoms with E-state index >= 15 is 0 Å². The number of amides is 1. The Hall–Kier alpha value is -2.09. The maximum atomic E-state index is 12.5. The number of carbonyl (C=O) groups is 1. The molecule has 0 N–H and O–H groups in total. The SMILES string of the molecule is CCC[C@H]1C(=O)N(Cc2ccccc2)[C@@H]1c1ccccc1. The monoisotopic (exact) mass is 279 g/mol. The van der Waals surface area contributed by atoms with E-state index in [9.17, 15) is 4.79 Å². The van der Waals surface area contributed by atoms with Gasteiger partial charge in [0.1, 0.15) is 0 Å². The molecule has 108 valence electrons. The Bertz CT molecular complexity index is 593. The number of β-lactam (4-membered cyclic amide) rings is 1. The topological polar surface area (TPSA) is 20.3 Å². The summed E-state index contributed by atoms with van der Waals surface area (Å²) >= 11 is 0. The molecule has 1 aliphatic rings. The number of hydrogen-bond donors (Lipinski definition) is 0. The predicted octanol–water partition coefficient (Wildman–Crippen LogP) is 4.19. The van der Waals surface area contributed by atoms with Crippen LogP contribution in [0.2, 0.25) is 0 Å². The van der Waals surface area contributed by atoms with E-state index < -0.39 is 0 Å². The second kappa shape index (κ2) is 6.13. The van der Waals surface area contributed by atoms with Gasteiger partial charge in [-0.2, -0.15) is 0 Å². The van der Waals surface area contributed by atoms with E-state index in [1.807, 2.05) is 29.2 Å². The molecule has 2 nitrogen and oxygen atoms in total. The van der Waals surface area contributed by atoms with Crippen molar-refractivity contribution < 1.29 is 4.79 Å². The Morgan fingerprint density at radius 2 is 1.57 bits per heavy atom. The van der Waals surface area contributed by atoms with E-state index in [1.165, 1.54) is 11.1 Å². The molecular formula is C19H21NO. The van der Waals surface area contributed by atoms with E-state index in [-0.39, 0.29) is 12.0 Å². The molecule has 3 rings (SSSR count). The van der Waals surface area contributed by atoms with Crippen molar-refractivity contribution in [1.29, 1.82) is 0 Å². The first-order chi connectivity index (χ1) is 10.3. The summed E-state index contributed by atoms with van der Waals surface area (Å²) in [6.07, 6.45) is 2.03. The maximum Gasteiger partial charge on any atom is 0.228 e. The van der Waals surface area contributed by atoms with Gasteiger partial charge < -0.3 is 4.90 Å². The zero-order chi connectivity index (χ0) is 14.7. The first-order valence-corrected chi connectivity index (χ1v) is 7.70. The van der Waals surface area contributed by atoms with Crippen molar-refractivity contribution >= 4 is 5.91 Å². The lowest BCUT2D eigenvalue weighted by Gasteiger charge is -2.48. The summed E-state index contributed by atoms with van der Waals surface area (Å²) in [6.45, 7) is 2.86. The Balaban J connectivity index is 1.83. The first-order valence-electron chi connectivity index (χ1n) is 7.70. The zero-order valence-electron chi connectivity index (χ0n) is 12.4. The lowest BCUT2D eigenvalue weighted by molar-refractivity contribution is -0.158. The largest absolute Gasteiger partial charge is 0.330 e. The van der Waals surface area contributed by atoms with Gasteiger partial charge in [-0.3, -0.25) is 4.79 Å². The van der Waals surface area contributed by atoms with E-state index in [0.29, 0.717) is 12.5 Å². The van der Waals surface area contributed by atoms with Gasteiger partial charge in [-0.05, 0) is 17.5 Å². The third kappa shape index (κ3) is 2.71. The zero-order valence-corrected chi connectivity index (χ0v) is 12.4. The molecule has 2 atom stereocenters. The van der Waals surface area contributed by atoms with Crippen molar-refractivity contribution in [3.63, 3.8) is 0 Å². The smallest absolute Gasteiger partial charge is 0.228 e. The molecule has 2 aromatic carbocycles. The molecule has 1 amide bonds. The fourth-order valence-corrected chi connectivity index (χ4v) is 3.23. The van der Waals surface area contributed by atoms with Crippen molar-refractivity contribution in [3.8, 4) is 0 Å². The number of benzene rings is 2. The van der Waals surface area contributed by atoms with E-state index in [0.717, 1.165) is 12.8 Å². The average Bonchev–Trinajstić information content (AvgIpc) is 2.55. The summed E-state index contributed by atoms with van der Waals surface area (Å²) in [5.74, 6) is 0.454. The Labute approximate surface area is 126 Å². The molecule has 21 heavy (non-hydrogen) atoms. The van der Waals surface area contributed by atoms with Gasteiger partial charge in [-0.1, -0.05) is 74.0 Å². The minimum Gasteiger partial charge on any atom is -0.330 e. The highest BCUT2D eigenvalue weighted by Crippen LogP contribution is 2.43. The molecule has 0 radical (unpaired) electrons. The molecule has 2 aromatic rings. The number of hydrogen-bond acceptors (Lipinski definition) is 1. The predicted molar refractivity (Wildman–Crippen MR) is 84.6 cm³/mol. The highest BCUT2D eigenvalue weighted by atomic mass is 16.2. The summed E-state index contributed by atoms with van der Waals surface area (Å²) in [5.41, 5.74) is 2.45. The third-order valence-corrected chi connectivity index (χ3v) is 4.25. The van der Waals surface area contributed by atoms with Crippen molar-refractivity contribution in [2.45, 2.75) is 32.4 Å². The van der Waals surface area contributed by atoms with Crippen LogP contribution in [0.25, 0.3) is 0 Å². The molecule has 0 aliphatic carbocycles. The molecule has 0 aromatic heterocycles. The molecular weight excluding hydrogens is 258 g/mol. The van der Waals surface area contributed by atoms with Gasteiger partial charge in [0.2, 0.25) is 5.91 Å². The minimum absolute atomic E-state index is 0.154. The van der Waals surface area contributed by atoms with Gasteiger partial charge in [0.05, 0.1) is 12.0 Å². The number of nitrogens with zero attached hydrogens (tertiary/aromatic N) is 1. The van der Waals surface area contributed by atoms with Crippen molar-refractivity contribution in [1.82, 2.24) is 4.90 Å². The molecule has 0 saturated carbocycles. The molecule has 1 saturated heterocycles. The van der Waals surface area contributed by atoms with E-state index in [2.05, 4.69) is 43.3 Å². The molecule has 2 heteroatoms. The minimum atomic E-state index is 0.154. The van der Waals surface area contributed by atoms with Crippen LogP contribution in [0, 0.1) is 5.92 Å². The maximum absolute atomic E-state index is 12.5. The van der Waals surface area contributed by atoms with Crippen LogP contribution < -0.4 is 0 Å². The summed E-state index contributed by atoms with van der Waals surface area (Å²) in [5, 5.41) is 0.